The van der Waals surface area contributed by atoms with E-state index in [0.717, 1.165) is 0 Å². The molecule has 3 heterocycles. The molecule has 160 valence electrons. The van der Waals surface area contributed by atoms with Crippen LogP contribution in [-0.2, 0) is 9.53 Å². The van der Waals surface area contributed by atoms with Crippen LogP contribution in [0, 0.1) is 5.92 Å². The maximum atomic E-state index is 13.1. The number of anilines is 1. The number of aromatic nitrogens is 1. The van der Waals surface area contributed by atoms with Crippen LogP contribution in [0.1, 0.15) is 34.1 Å². The monoisotopic (exact) mass is 423 g/mol. The zero-order valence-corrected chi connectivity index (χ0v) is 16.9. The van der Waals surface area contributed by atoms with Crippen molar-refractivity contribution in [3.63, 3.8) is 0 Å². The number of benzene rings is 1. The molecule has 1 aromatic heterocycles. The SMILES string of the molecule is CC(=O)NCC1CN(c2ccc3c(c2)OCCC(C(=O)c2ccncc2)C3=O)C(=O)O1. The van der Waals surface area contributed by atoms with E-state index < -0.39 is 18.1 Å². The van der Waals surface area contributed by atoms with E-state index in [0.29, 0.717) is 22.6 Å². The van der Waals surface area contributed by atoms with Crippen molar-refractivity contribution in [2.24, 2.45) is 5.92 Å². The molecule has 4 rings (SSSR count). The van der Waals surface area contributed by atoms with Crippen molar-refractivity contribution in [3.05, 3.63) is 53.9 Å². The zero-order valence-electron chi connectivity index (χ0n) is 16.9. The number of amides is 2. The van der Waals surface area contributed by atoms with Gasteiger partial charge in [0, 0.05) is 30.9 Å². The number of carbonyl (C=O) groups excluding carboxylic acids is 4. The summed E-state index contributed by atoms with van der Waals surface area (Å²) >= 11 is 0. The maximum absolute atomic E-state index is 13.1. The Labute approximate surface area is 178 Å². The summed E-state index contributed by atoms with van der Waals surface area (Å²) in [4.78, 5) is 54.6. The lowest BCUT2D eigenvalue weighted by molar-refractivity contribution is -0.119. The second-order valence-corrected chi connectivity index (χ2v) is 7.39. The number of hydrogen-bond donors (Lipinski definition) is 1. The first-order chi connectivity index (χ1) is 14.9. The van der Waals surface area contributed by atoms with Crippen molar-refractivity contribution in [2.75, 3.05) is 24.6 Å². The van der Waals surface area contributed by atoms with E-state index in [1.165, 1.54) is 24.2 Å². The molecule has 2 aliphatic rings. The molecule has 0 bridgehead atoms. The molecule has 9 heteroatoms. The molecule has 9 nitrogen and oxygen atoms in total. The Morgan fingerprint density at radius 2 is 1.97 bits per heavy atom. The summed E-state index contributed by atoms with van der Waals surface area (Å²) in [6.07, 6.45) is 2.27. The van der Waals surface area contributed by atoms with Gasteiger partial charge in [0.25, 0.3) is 0 Å². The molecular formula is C22H21N3O6. The second-order valence-electron chi connectivity index (χ2n) is 7.39. The predicted octanol–water partition coefficient (Wildman–Crippen LogP) is 2.01. The summed E-state index contributed by atoms with van der Waals surface area (Å²) in [5.74, 6) is -1.30. The summed E-state index contributed by atoms with van der Waals surface area (Å²) in [6.45, 7) is 2.06. The van der Waals surface area contributed by atoms with Crippen molar-refractivity contribution in [1.82, 2.24) is 10.3 Å². The maximum Gasteiger partial charge on any atom is 0.414 e. The Morgan fingerprint density at radius 1 is 1.19 bits per heavy atom. The van der Waals surface area contributed by atoms with Gasteiger partial charge in [-0.3, -0.25) is 24.3 Å². The fraction of sp³-hybridized carbons (Fsp3) is 0.318. The Balaban J connectivity index is 1.54. The van der Waals surface area contributed by atoms with Gasteiger partial charge in [-0.1, -0.05) is 0 Å². The van der Waals surface area contributed by atoms with Crippen molar-refractivity contribution in [2.45, 2.75) is 19.4 Å². The molecule has 0 saturated carbocycles. The lowest BCUT2D eigenvalue weighted by Crippen LogP contribution is -2.33. The van der Waals surface area contributed by atoms with Gasteiger partial charge in [-0.25, -0.2) is 4.79 Å². The summed E-state index contributed by atoms with van der Waals surface area (Å²) in [5, 5.41) is 2.62. The van der Waals surface area contributed by atoms with E-state index >= 15 is 0 Å². The Kier molecular flexibility index (Phi) is 5.66. The molecule has 2 unspecified atom stereocenters. The van der Waals surface area contributed by atoms with Crippen LogP contribution in [0.3, 0.4) is 0 Å². The predicted molar refractivity (Wildman–Crippen MR) is 109 cm³/mol. The van der Waals surface area contributed by atoms with Gasteiger partial charge in [-0.15, -0.1) is 0 Å². The van der Waals surface area contributed by atoms with Crippen molar-refractivity contribution >= 4 is 29.3 Å². The van der Waals surface area contributed by atoms with Crippen LogP contribution >= 0.6 is 0 Å². The van der Waals surface area contributed by atoms with E-state index in [-0.39, 0.29) is 43.6 Å². The number of carbonyl (C=O) groups is 4. The van der Waals surface area contributed by atoms with Crippen LogP contribution < -0.4 is 15.0 Å². The van der Waals surface area contributed by atoms with E-state index in [2.05, 4.69) is 10.3 Å². The highest BCUT2D eigenvalue weighted by Gasteiger charge is 2.35. The van der Waals surface area contributed by atoms with E-state index in [9.17, 15) is 19.2 Å². The molecule has 1 aromatic carbocycles. The summed E-state index contributed by atoms with van der Waals surface area (Å²) in [7, 11) is 0. The number of ether oxygens (including phenoxy) is 2. The molecule has 31 heavy (non-hydrogen) atoms. The third-order valence-electron chi connectivity index (χ3n) is 5.26. The highest BCUT2D eigenvalue weighted by atomic mass is 16.6. The smallest absolute Gasteiger partial charge is 0.414 e. The van der Waals surface area contributed by atoms with Gasteiger partial charge in [0.2, 0.25) is 5.91 Å². The topological polar surface area (TPSA) is 115 Å². The van der Waals surface area contributed by atoms with Crippen LogP contribution in [0.5, 0.6) is 5.75 Å². The third-order valence-corrected chi connectivity index (χ3v) is 5.26. The summed E-state index contributed by atoms with van der Waals surface area (Å²) < 4.78 is 11.0. The molecular weight excluding hydrogens is 402 g/mol. The first-order valence-electron chi connectivity index (χ1n) is 9.92. The molecule has 0 aliphatic carbocycles. The van der Waals surface area contributed by atoms with Crippen molar-refractivity contribution < 1.29 is 28.7 Å². The van der Waals surface area contributed by atoms with Gasteiger partial charge in [0.1, 0.15) is 11.9 Å². The molecule has 0 radical (unpaired) electrons. The molecule has 2 amide bonds. The van der Waals surface area contributed by atoms with Crippen LogP contribution in [0.25, 0.3) is 0 Å². The Bertz CT molecular complexity index is 1040. The normalized spacial score (nSPS) is 20.4. The highest BCUT2D eigenvalue weighted by molar-refractivity contribution is 6.17. The number of fused-ring (bicyclic) bond motifs is 1. The van der Waals surface area contributed by atoms with Gasteiger partial charge < -0.3 is 14.8 Å². The van der Waals surface area contributed by atoms with Gasteiger partial charge in [-0.2, -0.15) is 0 Å². The molecule has 1 saturated heterocycles. The average Bonchev–Trinajstić information content (AvgIpc) is 3.07. The van der Waals surface area contributed by atoms with Crippen molar-refractivity contribution in [1.29, 1.82) is 0 Å². The van der Waals surface area contributed by atoms with Gasteiger partial charge in [-0.05, 0) is 30.7 Å². The zero-order chi connectivity index (χ0) is 22.0. The van der Waals surface area contributed by atoms with Crippen LogP contribution in [0.15, 0.2) is 42.7 Å². The number of ketones is 2. The van der Waals surface area contributed by atoms with Crippen molar-refractivity contribution in [3.8, 4) is 5.75 Å². The van der Waals surface area contributed by atoms with Crippen LogP contribution in [0.4, 0.5) is 10.5 Å². The van der Waals surface area contributed by atoms with E-state index in [4.69, 9.17) is 9.47 Å². The molecule has 1 N–H and O–H groups in total. The van der Waals surface area contributed by atoms with Crippen LogP contribution in [-0.4, -0.2) is 54.4 Å². The van der Waals surface area contributed by atoms with Gasteiger partial charge in [0.15, 0.2) is 11.6 Å². The standard InChI is InChI=1S/C22H21N3O6/c1-13(26)24-11-16-12-25(22(29)31-16)15-2-3-17-19(10-15)30-9-6-18(21(17)28)20(27)14-4-7-23-8-5-14/h2-5,7-8,10,16,18H,6,9,11-12H2,1H3,(H,24,26). The molecule has 2 aromatic rings. The van der Waals surface area contributed by atoms with Gasteiger partial charge in [0.05, 0.1) is 36.9 Å². The average molecular weight is 423 g/mol. The minimum absolute atomic E-state index is 0.194. The minimum atomic E-state index is -0.840. The highest BCUT2D eigenvalue weighted by Crippen LogP contribution is 2.33. The molecule has 2 atom stereocenters. The Morgan fingerprint density at radius 3 is 2.71 bits per heavy atom. The largest absolute Gasteiger partial charge is 0.493 e. The lowest BCUT2D eigenvalue weighted by atomic mass is 9.88. The summed E-state index contributed by atoms with van der Waals surface area (Å²) in [6, 6.07) is 7.97. The quantitative estimate of drug-likeness (QED) is 0.578. The number of nitrogens with zero attached hydrogens (tertiary/aromatic N) is 2. The molecule has 1 fully saturated rings. The van der Waals surface area contributed by atoms with Crippen LogP contribution in [0.2, 0.25) is 0 Å². The summed E-state index contributed by atoms with van der Waals surface area (Å²) in [5.41, 5.74) is 1.25. The number of hydrogen-bond acceptors (Lipinski definition) is 7. The lowest BCUT2D eigenvalue weighted by Gasteiger charge is -2.16. The molecule has 0 spiro atoms. The number of rotatable bonds is 5. The van der Waals surface area contributed by atoms with E-state index in [1.54, 1.807) is 30.3 Å². The number of cyclic esters (lactones) is 1. The van der Waals surface area contributed by atoms with Gasteiger partial charge >= 0.3 is 6.09 Å². The minimum Gasteiger partial charge on any atom is -0.493 e. The van der Waals surface area contributed by atoms with E-state index in [1.807, 2.05) is 0 Å². The second kappa shape index (κ2) is 8.55. The first kappa shape index (κ1) is 20.5. The Hall–Kier alpha value is -3.75. The fourth-order valence-electron chi connectivity index (χ4n) is 3.67. The number of pyridine rings is 1. The fourth-order valence-corrected chi connectivity index (χ4v) is 3.67. The number of Topliss-reactive ketones (excluding diaryl/α,β-unsaturated/α-hetero) is 2. The first-order valence-corrected chi connectivity index (χ1v) is 9.92. The molecule has 2 aliphatic heterocycles. The third kappa shape index (κ3) is 4.25. The number of nitrogens with one attached hydrogen (secondary N) is 1.